The number of carbonyl (C=O) groups is 2. The van der Waals surface area contributed by atoms with Crippen LogP contribution < -0.4 is 16.1 Å². The van der Waals surface area contributed by atoms with E-state index in [0.717, 1.165) is 17.4 Å². The molecule has 29 heavy (non-hydrogen) atoms. The fraction of sp³-hybridized carbons (Fsp3) is 0.455. The Bertz CT molecular complexity index is 796. The van der Waals surface area contributed by atoms with E-state index in [1.54, 1.807) is 19.6 Å². The van der Waals surface area contributed by atoms with Crippen LogP contribution in [0.3, 0.4) is 0 Å². The Labute approximate surface area is 181 Å². The molecule has 0 saturated carbocycles. The molecule has 0 aliphatic rings. The summed E-state index contributed by atoms with van der Waals surface area (Å²) < 4.78 is 5.65. The van der Waals surface area contributed by atoms with Crippen LogP contribution in [0.4, 0.5) is 5.69 Å². The maximum Gasteiger partial charge on any atom is 0.331 e. The lowest BCUT2D eigenvalue weighted by Crippen LogP contribution is -2.46. The van der Waals surface area contributed by atoms with Gasteiger partial charge in [-0.05, 0) is 64.2 Å². The molecule has 0 fully saturated rings. The summed E-state index contributed by atoms with van der Waals surface area (Å²) in [6, 6.07) is 5.53. The third kappa shape index (κ3) is 7.09. The highest BCUT2D eigenvalue weighted by atomic mass is 32.1. The second-order valence-corrected chi connectivity index (χ2v) is 8.89. The van der Waals surface area contributed by atoms with Crippen LogP contribution in [0, 0.1) is 6.92 Å². The standard InChI is InChI=1S/C22H32BN2O3S/c1-8-9-10-12-16(19(26)24-7)20(27)25-18-14-11-13-17(15(18)2)23-28-21(3,4)22(5,6)29/h9-14,29H,8H2,1-7H3,(H,24,26)(H,25,27)/b10-9+,16-12+. The van der Waals surface area contributed by atoms with Gasteiger partial charge in [0.05, 0.1) is 5.60 Å². The molecule has 0 aliphatic heterocycles. The minimum absolute atomic E-state index is 0.0418. The molecule has 157 valence electrons. The van der Waals surface area contributed by atoms with Crippen molar-refractivity contribution in [2.75, 3.05) is 12.4 Å². The molecule has 2 N–H and O–H groups in total. The zero-order chi connectivity index (χ0) is 22.2. The second kappa shape index (κ2) is 10.7. The largest absolute Gasteiger partial charge is 0.428 e. The number of anilines is 1. The first-order valence-electron chi connectivity index (χ1n) is 9.68. The fourth-order valence-electron chi connectivity index (χ4n) is 2.15. The van der Waals surface area contributed by atoms with Crippen LogP contribution in [-0.2, 0) is 14.2 Å². The van der Waals surface area contributed by atoms with Crippen LogP contribution in [0.1, 0.15) is 46.6 Å². The number of thiol groups is 1. The van der Waals surface area contributed by atoms with E-state index < -0.39 is 17.4 Å². The van der Waals surface area contributed by atoms with Gasteiger partial charge in [0.2, 0.25) is 0 Å². The summed E-state index contributed by atoms with van der Waals surface area (Å²) in [6.45, 7) is 11.8. The highest BCUT2D eigenvalue weighted by Gasteiger charge is 2.34. The topological polar surface area (TPSA) is 67.4 Å². The Balaban J connectivity index is 3.04. The average Bonchev–Trinajstić information content (AvgIpc) is 2.64. The lowest BCUT2D eigenvalue weighted by Gasteiger charge is -2.38. The number of hydrogen-bond donors (Lipinski definition) is 3. The summed E-state index contributed by atoms with van der Waals surface area (Å²) in [7, 11) is 3.18. The molecule has 1 aromatic carbocycles. The van der Waals surface area contributed by atoms with Gasteiger partial charge in [-0.2, -0.15) is 12.6 Å². The smallest absolute Gasteiger partial charge is 0.331 e. The number of nitrogens with one attached hydrogen (secondary N) is 2. The number of rotatable bonds is 9. The van der Waals surface area contributed by atoms with Crippen molar-refractivity contribution in [1.82, 2.24) is 5.32 Å². The molecule has 0 saturated heterocycles. The van der Waals surface area contributed by atoms with E-state index in [0.29, 0.717) is 5.69 Å². The minimum atomic E-state index is -0.497. The zero-order valence-electron chi connectivity index (χ0n) is 18.4. The van der Waals surface area contributed by atoms with E-state index in [4.69, 9.17) is 4.65 Å². The van der Waals surface area contributed by atoms with Crippen molar-refractivity contribution in [2.24, 2.45) is 0 Å². The van der Waals surface area contributed by atoms with Gasteiger partial charge in [0.1, 0.15) is 5.57 Å². The Morgan fingerprint density at radius 2 is 1.86 bits per heavy atom. The number of allylic oxidation sites excluding steroid dienone is 3. The van der Waals surface area contributed by atoms with Crippen LogP contribution in [0.25, 0.3) is 0 Å². The van der Waals surface area contributed by atoms with Gasteiger partial charge in [0.15, 0.2) is 0 Å². The Morgan fingerprint density at radius 1 is 1.21 bits per heavy atom. The first-order valence-corrected chi connectivity index (χ1v) is 10.1. The van der Waals surface area contributed by atoms with Gasteiger partial charge in [-0.15, -0.1) is 0 Å². The molecule has 7 heteroatoms. The molecular weight excluding hydrogens is 383 g/mol. The van der Waals surface area contributed by atoms with Gasteiger partial charge >= 0.3 is 7.48 Å². The van der Waals surface area contributed by atoms with E-state index in [9.17, 15) is 9.59 Å². The molecule has 5 nitrogen and oxygen atoms in total. The van der Waals surface area contributed by atoms with Crippen molar-refractivity contribution < 1.29 is 14.2 Å². The predicted molar refractivity (Wildman–Crippen MR) is 125 cm³/mol. The summed E-state index contributed by atoms with van der Waals surface area (Å²) in [4.78, 5) is 24.8. The number of carbonyl (C=O) groups excluding carboxylic acids is 2. The van der Waals surface area contributed by atoms with Gasteiger partial charge in [-0.1, -0.05) is 31.2 Å². The molecule has 0 aliphatic carbocycles. The van der Waals surface area contributed by atoms with Crippen LogP contribution in [0.2, 0.25) is 0 Å². The van der Waals surface area contributed by atoms with Crippen molar-refractivity contribution in [3.63, 3.8) is 0 Å². The van der Waals surface area contributed by atoms with Crippen LogP contribution in [-0.4, -0.2) is 36.7 Å². The number of likely N-dealkylation sites (N-methyl/N-ethyl adjacent to an activating group) is 1. The Kier molecular flexibility index (Phi) is 9.24. The summed E-state index contributed by atoms with van der Waals surface area (Å²) in [5.74, 6) is -0.909. The van der Waals surface area contributed by atoms with E-state index >= 15 is 0 Å². The third-order valence-corrected chi connectivity index (χ3v) is 5.47. The van der Waals surface area contributed by atoms with Crippen molar-refractivity contribution in [3.8, 4) is 0 Å². The minimum Gasteiger partial charge on any atom is -0.428 e. The van der Waals surface area contributed by atoms with Gasteiger partial charge in [0, 0.05) is 17.5 Å². The average molecular weight is 415 g/mol. The Morgan fingerprint density at radius 3 is 2.41 bits per heavy atom. The molecule has 0 atom stereocenters. The first-order chi connectivity index (χ1) is 13.4. The van der Waals surface area contributed by atoms with Crippen LogP contribution in [0.15, 0.2) is 42.0 Å². The van der Waals surface area contributed by atoms with E-state index in [2.05, 4.69) is 23.3 Å². The maximum atomic E-state index is 12.7. The lowest BCUT2D eigenvalue weighted by atomic mass is 9.81. The van der Waals surface area contributed by atoms with E-state index in [1.165, 1.54) is 13.1 Å². The van der Waals surface area contributed by atoms with Gasteiger partial charge in [-0.25, -0.2) is 0 Å². The SMILES string of the molecule is CC/C=C/C=C(\C(=O)NC)C(=O)Nc1cccc([B]OC(C)(C)C(C)(C)S)c1C. The molecule has 0 aromatic heterocycles. The quantitative estimate of drug-likeness (QED) is 0.145. The van der Waals surface area contributed by atoms with Crippen molar-refractivity contribution in [1.29, 1.82) is 0 Å². The summed E-state index contributed by atoms with van der Waals surface area (Å²) in [5.41, 5.74) is 1.84. The molecule has 2 amide bonds. The third-order valence-electron chi connectivity index (χ3n) is 4.93. The van der Waals surface area contributed by atoms with Crippen molar-refractivity contribution in [3.05, 3.63) is 47.6 Å². The van der Waals surface area contributed by atoms with Gasteiger partial charge in [-0.3, -0.25) is 9.59 Å². The number of hydrogen-bond acceptors (Lipinski definition) is 4. The highest BCUT2D eigenvalue weighted by Crippen LogP contribution is 2.30. The lowest BCUT2D eigenvalue weighted by molar-refractivity contribution is -0.121. The second-order valence-electron chi connectivity index (χ2n) is 7.77. The number of amides is 2. The normalized spacial score (nSPS) is 12.8. The molecule has 0 unspecified atom stereocenters. The molecule has 0 bridgehead atoms. The summed E-state index contributed by atoms with van der Waals surface area (Å²) in [5, 5.41) is 5.33. The fourth-order valence-corrected chi connectivity index (χ4v) is 2.20. The van der Waals surface area contributed by atoms with Gasteiger partial charge in [0.25, 0.3) is 11.8 Å². The van der Waals surface area contributed by atoms with Crippen molar-refractivity contribution >= 4 is 43.1 Å². The molecule has 1 radical (unpaired) electrons. The summed E-state index contributed by atoms with van der Waals surface area (Å²) >= 11 is 4.61. The van der Waals surface area contributed by atoms with E-state index in [1.807, 2.05) is 59.8 Å². The Hall–Kier alpha value is -1.99. The molecular formula is C22H32BN2O3S. The molecule has 1 aromatic rings. The van der Waals surface area contributed by atoms with E-state index in [-0.39, 0.29) is 10.3 Å². The van der Waals surface area contributed by atoms with Gasteiger partial charge < -0.3 is 15.3 Å². The zero-order valence-corrected chi connectivity index (χ0v) is 19.3. The summed E-state index contributed by atoms with van der Waals surface area (Å²) in [6.07, 6.45) is 5.91. The molecule has 0 spiro atoms. The highest BCUT2D eigenvalue weighted by molar-refractivity contribution is 7.81. The van der Waals surface area contributed by atoms with Crippen LogP contribution in [0.5, 0.6) is 0 Å². The number of benzene rings is 1. The monoisotopic (exact) mass is 415 g/mol. The van der Waals surface area contributed by atoms with Crippen molar-refractivity contribution in [2.45, 2.75) is 58.3 Å². The van der Waals surface area contributed by atoms with Crippen LogP contribution >= 0.6 is 12.6 Å². The molecule has 1 rings (SSSR count). The molecule has 0 heterocycles. The predicted octanol–water partition coefficient (Wildman–Crippen LogP) is 3.32. The maximum absolute atomic E-state index is 12.7. The first kappa shape index (κ1) is 25.1.